The van der Waals surface area contributed by atoms with Crippen LogP contribution in [0.5, 0.6) is 11.5 Å². The number of ether oxygens (including phenoxy) is 2. The average Bonchev–Trinajstić information content (AvgIpc) is 2.65. The number of benzene rings is 2. The average molecular weight is 358 g/mol. The normalized spacial score (nSPS) is 13.8. The molecule has 0 radical (unpaired) electrons. The molecule has 1 N–H and O–H groups in total. The van der Waals surface area contributed by atoms with E-state index in [0.29, 0.717) is 18.7 Å². The molecule has 6 heteroatoms. The van der Waals surface area contributed by atoms with Gasteiger partial charge in [0.2, 0.25) is 5.91 Å². The topological polar surface area (TPSA) is 50.8 Å². The Hall–Kier alpha value is -2.60. The largest absolute Gasteiger partial charge is 0.493 e. The lowest BCUT2D eigenvalue weighted by Crippen LogP contribution is -2.33. The standard InChI is InChI=1S/C20H23FN2O3/c1-25-18-10-14-6-8-23(13-15(14)11-19(18)26-2)9-7-20(24)22-17-5-3-4-16(21)12-17/h3-5,10-12H,6-9,13H2,1-2H3,(H,22,24). The van der Waals surface area contributed by atoms with E-state index in [1.807, 2.05) is 12.1 Å². The van der Waals surface area contributed by atoms with Gasteiger partial charge in [-0.2, -0.15) is 0 Å². The van der Waals surface area contributed by atoms with Gasteiger partial charge in [-0.25, -0.2) is 4.39 Å². The molecule has 0 atom stereocenters. The van der Waals surface area contributed by atoms with Gasteiger partial charge < -0.3 is 14.8 Å². The predicted molar refractivity (Wildman–Crippen MR) is 98.2 cm³/mol. The zero-order valence-corrected chi connectivity index (χ0v) is 15.0. The summed E-state index contributed by atoms with van der Waals surface area (Å²) >= 11 is 0. The number of fused-ring (bicyclic) bond motifs is 1. The van der Waals surface area contributed by atoms with Crippen molar-refractivity contribution in [3.63, 3.8) is 0 Å². The number of hydrogen-bond acceptors (Lipinski definition) is 4. The van der Waals surface area contributed by atoms with Gasteiger partial charge >= 0.3 is 0 Å². The molecule has 1 aliphatic heterocycles. The summed E-state index contributed by atoms with van der Waals surface area (Å²) in [5.41, 5.74) is 2.93. The summed E-state index contributed by atoms with van der Waals surface area (Å²) in [6, 6.07) is 9.96. The predicted octanol–water partition coefficient (Wildman–Crippen LogP) is 3.23. The van der Waals surface area contributed by atoms with E-state index in [1.54, 1.807) is 26.4 Å². The van der Waals surface area contributed by atoms with Gasteiger partial charge in [-0.15, -0.1) is 0 Å². The highest BCUT2D eigenvalue weighted by molar-refractivity contribution is 5.90. The number of halogens is 1. The van der Waals surface area contributed by atoms with Crippen LogP contribution in [0.1, 0.15) is 17.5 Å². The molecule has 138 valence electrons. The minimum absolute atomic E-state index is 0.117. The highest BCUT2D eigenvalue weighted by Crippen LogP contribution is 2.33. The summed E-state index contributed by atoms with van der Waals surface area (Å²) in [7, 11) is 3.26. The van der Waals surface area contributed by atoms with Crippen molar-refractivity contribution < 1.29 is 18.7 Å². The van der Waals surface area contributed by atoms with Gasteiger partial charge in [0.05, 0.1) is 14.2 Å². The molecule has 3 rings (SSSR count). The monoisotopic (exact) mass is 358 g/mol. The summed E-state index contributed by atoms with van der Waals surface area (Å²) in [5, 5.41) is 2.73. The number of amides is 1. The molecule has 0 spiro atoms. The van der Waals surface area contributed by atoms with Gasteiger partial charge in [-0.1, -0.05) is 6.07 Å². The first kappa shape index (κ1) is 18.2. The maximum atomic E-state index is 13.2. The number of nitrogens with one attached hydrogen (secondary N) is 1. The second-order valence-electron chi connectivity index (χ2n) is 6.31. The molecule has 1 amide bonds. The Morgan fingerprint density at radius 1 is 1.15 bits per heavy atom. The molecule has 2 aromatic rings. The summed E-state index contributed by atoms with van der Waals surface area (Å²) in [4.78, 5) is 14.3. The second-order valence-corrected chi connectivity index (χ2v) is 6.31. The fraction of sp³-hybridized carbons (Fsp3) is 0.350. The van der Waals surface area contributed by atoms with E-state index >= 15 is 0 Å². The maximum Gasteiger partial charge on any atom is 0.225 e. The van der Waals surface area contributed by atoms with Crippen LogP contribution in [0, 0.1) is 5.82 Å². The summed E-state index contributed by atoms with van der Waals surface area (Å²) < 4.78 is 23.9. The first-order chi connectivity index (χ1) is 12.6. The fourth-order valence-electron chi connectivity index (χ4n) is 3.18. The second kappa shape index (κ2) is 8.19. The number of hydrogen-bond donors (Lipinski definition) is 1. The number of carbonyl (C=O) groups excluding carboxylic acids is 1. The third-order valence-electron chi connectivity index (χ3n) is 4.56. The van der Waals surface area contributed by atoms with Crippen molar-refractivity contribution in [3.8, 4) is 11.5 Å². The lowest BCUT2D eigenvalue weighted by molar-refractivity contribution is -0.116. The quantitative estimate of drug-likeness (QED) is 0.861. The number of methoxy groups -OCH3 is 2. The highest BCUT2D eigenvalue weighted by Gasteiger charge is 2.20. The van der Waals surface area contributed by atoms with Crippen molar-refractivity contribution in [2.75, 3.05) is 32.6 Å². The van der Waals surface area contributed by atoms with Crippen molar-refractivity contribution >= 4 is 11.6 Å². The van der Waals surface area contributed by atoms with Crippen LogP contribution in [-0.2, 0) is 17.8 Å². The van der Waals surface area contributed by atoms with Crippen LogP contribution in [0.2, 0.25) is 0 Å². The zero-order valence-electron chi connectivity index (χ0n) is 15.0. The third-order valence-corrected chi connectivity index (χ3v) is 4.56. The molecule has 0 unspecified atom stereocenters. The highest BCUT2D eigenvalue weighted by atomic mass is 19.1. The molecule has 0 aliphatic carbocycles. The first-order valence-corrected chi connectivity index (χ1v) is 8.60. The van der Waals surface area contributed by atoms with Crippen LogP contribution >= 0.6 is 0 Å². The van der Waals surface area contributed by atoms with E-state index < -0.39 is 0 Å². The molecule has 0 saturated heterocycles. The zero-order chi connectivity index (χ0) is 18.5. The number of carbonyl (C=O) groups is 1. The van der Waals surface area contributed by atoms with E-state index in [-0.39, 0.29) is 11.7 Å². The maximum absolute atomic E-state index is 13.2. The Labute approximate surface area is 152 Å². The fourth-order valence-corrected chi connectivity index (χ4v) is 3.18. The molecular weight excluding hydrogens is 335 g/mol. The molecule has 1 aliphatic rings. The molecule has 0 aromatic heterocycles. The van der Waals surface area contributed by atoms with Crippen molar-refractivity contribution in [3.05, 3.63) is 53.3 Å². The number of nitrogens with zero attached hydrogens (tertiary/aromatic N) is 1. The Morgan fingerprint density at radius 3 is 2.58 bits per heavy atom. The number of rotatable bonds is 6. The Morgan fingerprint density at radius 2 is 1.88 bits per heavy atom. The molecule has 0 saturated carbocycles. The molecule has 1 heterocycles. The van der Waals surface area contributed by atoms with Crippen LogP contribution in [-0.4, -0.2) is 38.1 Å². The first-order valence-electron chi connectivity index (χ1n) is 8.60. The SMILES string of the molecule is COc1cc2c(cc1OC)CN(CCC(=O)Nc1cccc(F)c1)CC2. The third kappa shape index (κ3) is 4.32. The molecule has 0 fully saturated rings. The molecule has 0 bridgehead atoms. The minimum atomic E-state index is -0.361. The van der Waals surface area contributed by atoms with Gasteiger partial charge in [0.25, 0.3) is 0 Å². The van der Waals surface area contributed by atoms with Crippen LogP contribution in [0.4, 0.5) is 10.1 Å². The van der Waals surface area contributed by atoms with Gasteiger partial charge in [0.1, 0.15) is 5.82 Å². The molecular formula is C20H23FN2O3. The summed E-state index contributed by atoms with van der Waals surface area (Å²) in [5.74, 6) is 0.986. The van der Waals surface area contributed by atoms with Crippen LogP contribution < -0.4 is 14.8 Å². The lowest BCUT2D eigenvalue weighted by atomic mass is 9.98. The Kier molecular flexibility index (Phi) is 5.73. The van der Waals surface area contributed by atoms with E-state index in [0.717, 1.165) is 31.0 Å². The van der Waals surface area contributed by atoms with Crippen LogP contribution in [0.15, 0.2) is 36.4 Å². The van der Waals surface area contributed by atoms with Crippen LogP contribution in [0.25, 0.3) is 0 Å². The Balaban J connectivity index is 1.56. The number of anilines is 1. The van der Waals surface area contributed by atoms with Gasteiger partial charge in [0.15, 0.2) is 11.5 Å². The van der Waals surface area contributed by atoms with Crippen molar-refractivity contribution in [1.29, 1.82) is 0 Å². The summed E-state index contributed by atoms with van der Waals surface area (Å²) in [6.45, 7) is 2.30. The smallest absolute Gasteiger partial charge is 0.225 e. The molecule has 5 nitrogen and oxygen atoms in total. The van der Waals surface area contributed by atoms with Gasteiger partial charge in [-0.3, -0.25) is 9.69 Å². The van der Waals surface area contributed by atoms with Crippen molar-refractivity contribution in [1.82, 2.24) is 4.90 Å². The van der Waals surface area contributed by atoms with E-state index in [9.17, 15) is 9.18 Å². The van der Waals surface area contributed by atoms with Gasteiger partial charge in [0, 0.05) is 31.7 Å². The van der Waals surface area contributed by atoms with E-state index in [1.165, 1.54) is 23.3 Å². The van der Waals surface area contributed by atoms with E-state index in [2.05, 4.69) is 10.2 Å². The summed E-state index contributed by atoms with van der Waals surface area (Å²) in [6.07, 6.45) is 1.26. The van der Waals surface area contributed by atoms with E-state index in [4.69, 9.17) is 9.47 Å². The van der Waals surface area contributed by atoms with Gasteiger partial charge in [-0.05, 0) is 47.9 Å². The lowest BCUT2D eigenvalue weighted by Gasteiger charge is -2.29. The van der Waals surface area contributed by atoms with Crippen molar-refractivity contribution in [2.24, 2.45) is 0 Å². The van der Waals surface area contributed by atoms with Crippen LogP contribution in [0.3, 0.4) is 0 Å². The van der Waals surface area contributed by atoms with Crippen molar-refractivity contribution in [2.45, 2.75) is 19.4 Å². The minimum Gasteiger partial charge on any atom is -0.493 e. The molecule has 2 aromatic carbocycles. The Bertz CT molecular complexity index is 795. The molecule has 26 heavy (non-hydrogen) atoms.